The molecule has 0 spiro atoms. The fourth-order valence-electron chi connectivity index (χ4n) is 3.02. The van der Waals surface area contributed by atoms with Crippen LogP contribution >= 0.6 is 11.6 Å². The highest BCUT2D eigenvalue weighted by atomic mass is 35.5. The van der Waals surface area contributed by atoms with Gasteiger partial charge in [-0.2, -0.15) is 0 Å². The molecule has 1 aliphatic carbocycles. The Hall–Kier alpha value is -1.48. The van der Waals surface area contributed by atoms with E-state index in [0.29, 0.717) is 17.6 Å². The zero-order chi connectivity index (χ0) is 13.9. The summed E-state index contributed by atoms with van der Waals surface area (Å²) in [6.07, 6.45) is 7.89. The van der Waals surface area contributed by atoms with E-state index in [1.54, 1.807) is 0 Å². The van der Waals surface area contributed by atoms with Crippen molar-refractivity contribution in [1.82, 2.24) is 9.88 Å². The van der Waals surface area contributed by atoms with Gasteiger partial charge in [0.25, 0.3) is 0 Å². The minimum Gasteiger partial charge on any atom is -0.352 e. The number of amides is 1. The van der Waals surface area contributed by atoms with Gasteiger partial charge < -0.3 is 9.88 Å². The average Bonchev–Trinajstić information content (AvgIpc) is 2.84. The van der Waals surface area contributed by atoms with Crippen LogP contribution in [0.2, 0.25) is 5.02 Å². The Bertz CT molecular complexity index is 614. The largest absolute Gasteiger partial charge is 0.352 e. The molecule has 106 valence electrons. The predicted molar refractivity (Wildman–Crippen MR) is 82.0 cm³/mol. The molecule has 1 saturated carbocycles. The first-order valence-electron chi connectivity index (χ1n) is 7.27. The maximum Gasteiger partial charge on any atom is 0.240 e. The highest BCUT2D eigenvalue weighted by Gasteiger charge is 2.16. The third-order valence-corrected chi connectivity index (χ3v) is 4.33. The van der Waals surface area contributed by atoms with Gasteiger partial charge in [-0.05, 0) is 25.0 Å². The number of hydrogen-bond acceptors (Lipinski definition) is 1. The van der Waals surface area contributed by atoms with E-state index in [0.717, 1.165) is 23.7 Å². The Morgan fingerprint density at radius 1 is 1.25 bits per heavy atom. The van der Waals surface area contributed by atoms with Gasteiger partial charge in [-0.1, -0.05) is 43.0 Å². The molecule has 0 radical (unpaired) electrons. The minimum absolute atomic E-state index is 0.0781. The number of hydrogen-bond donors (Lipinski definition) is 1. The molecule has 3 nitrogen and oxygen atoms in total. The third kappa shape index (κ3) is 2.83. The first-order valence-corrected chi connectivity index (χ1v) is 7.64. The molecule has 0 aliphatic heterocycles. The van der Waals surface area contributed by atoms with Crippen molar-refractivity contribution in [3.05, 3.63) is 35.5 Å². The van der Waals surface area contributed by atoms with E-state index in [2.05, 4.69) is 5.32 Å². The minimum atomic E-state index is 0.0781. The van der Waals surface area contributed by atoms with Crippen molar-refractivity contribution in [3.63, 3.8) is 0 Å². The van der Waals surface area contributed by atoms with Crippen LogP contribution in [0.15, 0.2) is 30.5 Å². The van der Waals surface area contributed by atoms with Crippen LogP contribution in [-0.4, -0.2) is 16.5 Å². The summed E-state index contributed by atoms with van der Waals surface area (Å²) < 4.78 is 1.93. The summed E-state index contributed by atoms with van der Waals surface area (Å²) in [5.74, 6) is 0.0781. The average molecular weight is 291 g/mol. The molecular formula is C16H19ClN2O. The van der Waals surface area contributed by atoms with Crippen molar-refractivity contribution in [2.75, 3.05) is 0 Å². The number of nitrogens with zero attached hydrogens (tertiary/aromatic N) is 1. The Morgan fingerprint density at radius 2 is 2.05 bits per heavy atom. The van der Waals surface area contributed by atoms with Gasteiger partial charge in [0, 0.05) is 17.6 Å². The number of rotatable bonds is 3. The monoisotopic (exact) mass is 290 g/mol. The van der Waals surface area contributed by atoms with Crippen LogP contribution in [0.5, 0.6) is 0 Å². The Morgan fingerprint density at radius 3 is 2.85 bits per heavy atom. The number of halogens is 1. The Kier molecular flexibility index (Phi) is 3.97. The van der Waals surface area contributed by atoms with Gasteiger partial charge in [0.1, 0.15) is 6.54 Å². The molecular weight excluding hydrogens is 272 g/mol. The Labute approximate surface area is 123 Å². The van der Waals surface area contributed by atoms with E-state index in [9.17, 15) is 4.79 Å². The summed E-state index contributed by atoms with van der Waals surface area (Å²) in [5.41, 5.74) is 0.938. The molecule has 1 aromatic heterocycles. The van der Waals surface area contributed by atoms with E-state index in [4.69, 9.17) is 11.6 Å². The van der Waals surface area contributed by atoms with Crippen LogP contribution in [0.25, 0.3) is 10.9 Å². The zero-order valence-electron chi connectivity index (χ0n) is 11.4. The van der Waals surface area contributed by atoms with Gasteiger partial charge in [-0.25, -0.2) is 0 Å². The molecule has 1 aromatic carbocycles. The summed E-state index contributed by atoms with van der Waals surface area (Å²) in [6.45, 7) is 0.337. The number of fused-ring (bicyclic) bond motifs is 1. The topological polar surface area (TPSA) is 34.0 Å². The molecule has 2 aromatic rings. The summed E-state index contributed by atoms with van der Waals surface area (Å²) >= 11 is 6.23. The lowest BCUT2D eigenvalue weighted by atomic mass is 9.95. The number of benzene rings is 1. The van der Waals surface area contributed by atoms with Crippen molar-refractivity contribution in [2.24, 2.45) is 0 Å². The summed E-state index contributed by atoms with van der Waals surface area (Å²) in [7, 11) is 0. The van der Waals surface area contributed by atoms with Crippen molar-refractivity contribution in [2.45, 2.75) is 44.7 Å². The SMILES string of the molecule is O=C(Cn1ccc2cccc(Cl)c21)NC1CCCCC1. The lowest BCUT2D eigenvalue weighted by Gasteiger charge is -2.23. The molecule has 0 saturated heterocycles. The lowest BCUT2D eigenvalue weighted by molar-refractivity contribution is -0.122. The zero-order valence-corrected chi connectivity index (χ0v) is 12.2. The molecule has 1 aliphatic rings. The smallest absolute Gasteiger partial charge is 0.240 e. The summed E-state index contributed by atoms with van der Waals surface area (Å²) in [4.78, 5) is 12.2. The van der Waals surface area contributed by atoms with Crippen LogP contribution < -0.4 is 5.32 Å². The number of aromatic nitrogens is 1. The second-order valence-electron chi connectivity index (χ2n) is 5.52. The fraction of sp³-hybridized carbons (Fsp3) is 0.438. The molecule has 1 N–H and O–H groups in total. The van der Waals surface area contributed by atoms with E-state index >= 15 is 0 Å². The van der Waals surface area contributed by atoms with Crippen molar-refractivity contribution in [1.29, 1.82) is 0 Å². The van der Waals surface area contributed by atoms with Crippen molar-refractivity contribution >= 4 is 28.4 Å². The second-order valence-corrected chi connectivity index (χ2v) is 5.93. The highest BCUT2D eigenvalue weighted by molar-refractivity contribution is 6.35. The van der Waals surface area contributed by atoms with Gasteiger partial charge in [0.05, 0.1) is 10.5 Å². The maximum absolute atomic E-state index is 12.2. The number of para-hydroxylation sites is 1. The summed E-state index contributed by atoms with van der Waals surface area (Å²) in [5, 5.41) is 4.90. The lowest BCUT2D eigenvalue weighted by Crippen LogP contribution is -2.38. The van der Waals surface area contributed by atoms with Gasteiger partial charge in [0.15, 0.2) is 0 Å². The molecule has 3 rings (SSSR count). The van der Waals surface area contributed by atoms with Crippen molar-refractivity contribution in [3.8, 4) is 0 Å². The molecule has 1 heterocycles. The van der Waals surface area contributed by atoms with E-state index < -0.39 is 0 Å². The quantitative estimate of drug-likeness (QED) is 0.918. The first kappa shape index (κ1) is 13.5. The van der Waals surface area contributed by atoms with Crippen LogP contribution in [0.1, 0.15) is 32.1 Å². The molecule has 1 amide bonds. The maximum atomic E-state index is 12.2. The van der Waals surface area contributed by atoms with Crippen LogP contribution in [0.3, 0.4) is 0 Å². The molecule has 20 heavy (non-hydrogen) atoms. The van der Waals surface area contributed by atoms with E-state index in [1.807, 2.05) is 35.0 Å². The number of nitrogens with one attached hydrogen (secondary N) is 1. The van der Waals surface area contributed by atoms with Crippen molar-refractivity contribution < 1.29 is 4.79 Å². The third-order valence-electron chi connectivity index (χ3n) is 4.02. The number of carbonyl (C=O) groups is 1. The highest BCUT2D eigenvalue weighted by Crippen LogP contribution is 2.24. The summed E-state index contributed by atoms with van der Waals surface area (Å²) in [6, 6.07) is 8.15. The predicted octanol–water partition coefficient (Wildman–Crippen LogP) is 3.74. The van der Waals surface area contributed by atoms with Gasteiger partial charge >= 0.3 is 0 Å². The normalized spacial score (nSPS) is 16.4. The first-order chi connectivity index (χ1) is 9.74. The van der Waals surface area contributed by atoms with E-state index in [-0.39, 0.29) is 5.91 Å². The molecule has 0 atom stereocenters. The molecule has 0 bridgehead atoms. The van der Waals surface area contributed by atoms with Crippen LogP contribution in [0, 0.1) is 0 Å². The molecule has 0 unspecified atom stereocenters. The van der Waals surface area contributed by atoms with Gasteiger partial charge in [0.2, 0.25) is 5.91 Å². The standard InChI is InChI=1S/C16H19ClN2O/c17-14-8-4-5-12-9-10-19(16(12)14)11-15(20)18-13-6-2-1-3-7-13/h4-5,8-10,13H,1-3,6-7,11H2,(H,18,20). The second kappa shape index (κ2) is 5.88. The van der Waals surface area contributed by atoms with Gasteiger partial charge in [-0.15, -0.1) is 0 Å². The van der Waals surface area contributed by atoms with Crippen LogP contribution in [-0.2, 0) is 11.3 Å². The Balaban J connectivity index is 1.71. The van der Waals surface area contributed by atoms with Gasteiger partial charge in [-0.3, -0.25) is 4.79 Å². The van der Waals surface area contributed by atoms with Crippen LogP contribution in [0.4, 0.5) is 0 Å². The fourth-order valence-corrected chi connectivity index (χ4v) is 3.31. The molecule has 1 fully saturated rings. The molecule has 4 heteroatoms. The van der Waals surface area contributed by atoms with E-state index in [1.165, 1.54) is 19.3 Å². The number of carbonyl (C=O) groups excluding carboxylic acids is 1.